The lowest BCUT2D eigenvalue weighted by atomic mass is 10.2. The lowest BCUT2D eigenvalue weighted by Gasteiger charge is -1.98. The van der Waals surface area contributed by atoms with Crippen LogP contribution in [0.5, 0.6) is 5.75 Å². The maximum Gasteiger partial charge on any atom is 0.191 e. The Balaban J connectivity index is 0.00000169. The Morgan fingerprint density at radius 2 is 2.07 bits per heavy atom. The summed E-state index contributed by atoms with van der Waals surface area (Å²) in [7, 11) is 0. The Bertz CT molecular complexity index is 362. The van der Waals surface area contributed by atoms with E-state index in [1.807, 2.05) is 0 Å². The Hall–Kier alpha value is -1.75. The van der Waals surface area contributed by atoms with E-state index in [1.165, 1.54) is 18.2 Å². The van der Waals surface area contributed by atoms with Gasteiger partial charge in [-0.3, -0.25) is 4.79 Å². The molecule has 0 aliphatic rings. The van der Waals surface area contributed by atoms with Crippen molar-refractivity contribution in [3.05, 3.63) is 23.8 Å². The summed E-state index contributed by atoms with van der Waals surface area (Å²) in [6.45, 7) is 0. The van der Waals surface area contributed by atoms with Crippen LogP contribution in [0.3, 0.4) is 0 Å². The summed E-state index contributed by atoms with van der Waals surface area (Å²) in [5, 5.41) is 9.13. The lowest BCUT2D eigenvalue weighted by molar-refractivity contribution is 0.112. The van der Waals surface area contributed by atoms with E-state index in [2.05, 4.69) is 4.99 Å². The van der Waals surface area contributed by atoms with Crippen molar-refractivity contribution in [3.8, 4) is 5.75 Å². The summed E-state index contributed by atoms with van der Waals surface area (Å²) in [4.78, 5) is 14.1. The first-order valence-corrected chi connectivity index (χ1v) is 3.51. The Labute approximate surface area is 86.8 Å². The number of halogens is 1. The maximum absolute atomic E-state index is 10.4. The monoisotopic (exact) mass is 215 g/mol. The maximum atomic E-state index is 10.4. The first-order chi connectivity index (χ1) is 6.13. The minimum Gasteiger partial charge on any atom is -0.507 e. The molecule has 5 N–H and O–H groups in total. The zero-order chi connectivity index (χ0) is 9.84. The van der Waals surface area contributed by atoms with E-state index in [0.29, 0.717) is 12.0 Å². The van der Waals surface area contributed by atoms with Crippen LogP contribution in [0.15, 0.2) is 23.2 Å². The van der Waals surface area contributed by atoms with Crippen molar-refractivity contribution in [1.29, 1.82) is 0 Å². The fourth-order valence-corrected chi connectivity index (χ4v) is 0.855. The van der Waals surface area contributed by atoms with Gasteiger partial charge in [0.05, 0.1) is 11.3 Å². The number of hydrogen-bond acceptors (Lipinski definition) is 3. The Morgan fingerprint density at radius 3 is 2.57 bits per heavy atom. The molecule has 0 radical (unpaired) electrons. The third kappa shape index (κ3) is 2.95. The predicted molar refractivity (Wildman–Crippen MR) is 56.2 cm³/mol. The lowest BCUT2D eigenvalue weighted by Crippen LogP contribution is -2.21. The molecule has 0 bridgehead atoms. The van der Waals surface area contributed by atoms with Crippen molar-refractivity contribution in [3.63, 3.8) is 0 Å². The number of nitrogens with zero attached hydrogens (tertiary/aromatic N) is 1. The second-order valence-electron chi connectivity index (χ2n) is 2.40. The van der Waals surface area contributed by atoms with E-state index in [0.717, 1.165) is 0 Å². The number of benzene rings is 1. The largest absolute Gasteiger partial charge is 0.507 e. The van der Waals surface area contributed by atoms with Gasteiger partial charge in [-0.1, -0.05) is 0 Å². The third-order valence-electron chi connectivity index (χ3n) is 1.40. The van der Waals surface area contributed by atoms with Gasteiger partial charge in [-0.05, 0) is 18.2 Å². The van der Waals surface area contributed by atoms with Gasteiger partial charge in [0.15, 0.2) is 12.2 Å². The molecule has 0 saturated heterocycles. The Morgan fingerprint density at radius 1 is 1.43 bits per heavy atom. The van der Waals surface area contributed by atoms with E-state index < -0.39 is 0 Å². The van der Waals surface area contributed by atoms with Crippen molar-refractivity contribution >= 4 is 30.3 Å². The molecule has 0 fully saturated rings. The molecular weight excluding hydrogens is 206 g/mol. The summed E-state index contributed by atoms with van der Waals surface area (Å²) in [5.41, 5.74) is 10.8. The second-order valence-corrected chi connectivity index (χ2v) is 2.40. The summed E-state index contributed by atoms with van der Waals surface area (Å²) < 4.78 is 0. The predicted octanol–water partition coefficient (Wildman–Crippen LogP) is 0.531. The molecule has 0 aromatic heterocycles. The number of phenols is 1. The van der Waals surface area contributed by atoms with E-state index in [1.54, 1.807) is 0 Å². The highest BCUT2D eigenvalue weighted by Crippen LogP contribution is 2.21. The molecule has 1 aromatic carbocycles. The number of nitrogens with two attached hydrogens (primary N) is 2. The molecule has 0 aliphatic carbocycles. The molecule has 0 amide bonds. The van der Waals surface area contributed by atoms with Crippen molar-refractivity contribution in [2.45, 2.75) is 0 Å². The first-order valence-electron chi connectivity index (χ1n) is 3.51. The number of phenolic OH excluding ortho intramolecular Hbond substituents is 1. The highest BCUT2D eigenvalue weighted by atomic mass is 35.5. The Kier molecular flexibility index (Phi) is 4.45. The fourth-order valence-electron chi connectivity index (χ4n) is 0.855. The van der Waals surface area contributed by atoms with E-state index in [-0.39, 0.29) is 29.7 Å². The summed E-state index contributed by atoms with van der Waals surface area (Å²) in [5.74, 6) is -0.188. The molecule has 0 atom stereocenters. The molecule has 0 aliphatic heterocycles. The molecule has 6 heteroatoms. The minimum atomic E-state index is -0.0949. The molecule has 0 spiro atoms. The van der Waals surface area contributed by atoms with E-state index >= 15 is 0 Å². The number of guanidine groups is 1. The van der Waals surface area contributed by atoms with Gasteiger partial charge < -0.3 is 16.6 Å². The SMILES string of the molecule is Cl.NC(N)=Nc1ccc(O)c(C=O)c1. The van der Waals surface area contributed by atoms with Crippen LogP contribution in [-0.4, -0.2) is 17.4 Å². The van der Waals surface area contributed by atoms with Crippen molar-refractivity contribution < 1.29 is 9.90 Å². The van der Waals surface area contributed by atoms with Crippen LogP contribution in [0.25, 0.3) is 0 Å². The van der Waals surface area contributed by atoms with Crippen LogP contribution in [0, 0.1) is 0 Å². The molecule has 1 aromatic rings. The molecule has 0 saturated carbocycles. The molecule has 1 rings (SSSR count). The van der Waals surface area contributed by atoms with Crippen LogP contribution in [0.2, 0.25) is 0 Å². The number of carbonyl (C=O) groups is 1. The van der Waals surface area contributed by atoms with Crippen LogP contribution >= 0.6 is 12.4 Å². The van der Waals surface area contributed by atoms with Gasteiger partial charge in [-0.25, -0.2) is 4.99 Å². The van der Waals surface area contributed by atoms with Gasteiger partial charge in [-0.2, -0.15) is 0 Å². The van der Waals surface area contributed by atoms with E-state index in [9.17, 15) is 4.79 Å². The van der Waals surface area contributed by atoms with Crippen molar-refractivity contribution in [2.75, 3.05) is 0 Å². The number of hydrogen-bond donors (Lipinski definition) is 3. The number of aldehydes is 1. The van der Waals surface area contributed by atoms with Crippen molar-refractivity contribution in [2.24, 2.45) is 16.5 Å². The number of carbonyl (C=O) groups excluding carboxylic acids is 1. The molecule has 0 unspecified atom stereocenters. The molecule has 0 heterocycles. The molecule has 76 valence electrons. The van der Waals surface area contributed by atoms with Gasteiger partial charge in [0.25, 0.3) is 0 Å². The van der Waals surface area contributed by atoms with Gasteiger partial charge in [0, 0.05) is 0 Å². The molecular formula is C8H10ClN3O2. The van der Waals surface area contributed by atoms with Gasteiger partial charge in [-0.15, -0.1) is 12.4 Å². The van der Waals surface area contributed by atoms with Crippen LogP contribution < -0.4 is 11.5 Å². The topological polar surface area (TPSA) is 102 Å². The summed E-state index contributed by atoms with van der Waals surface area (Å²) >= 11 is 0. The average Bonchev–Trinajstić information content (AvgIpc) is 2.07. The zero-order valence-corrected chi connectivity index (χ0v) is 7.99. The number of aromatic hydroxyl groups is 1. The fraction of sp³-hybridized carbons (Fsp3) is 0. The average molecular weight is 216 g/mol. The van der Waals surface area contributed by atoms with Crippen LogP contribution in [-0.2, 0) is 0 Å². The smallest absolute Gasteiger partial charge is 0.191 e. The van der Waals surface area contributed by atoms with E-state index in [4.69, 9.17) is 16.6 Å². The minimum absolute atomic E-state index is 0. The summed E-state index contributed by atoms with van der Waals surface area (Å²) in [6, 6.07) is 4.25. The quantitative estimate of drug-likeness (QED) is 0.381. The number of rotatable bonds is 2. The van der Waals surface area contributed by atoms with Crippen molar-refractivity contribution in [1.82, 2.24) is 0 Å². The van der Waals surface area contributed by atoms with Crippen LogP contribution in [0.4, 0.5) is 5.69 Å². The molecule has 14 heavy (non-hydrogen) atoms. The second kappa shape index (κ2) is 5.08. The number of aliphatic imine (C=N–C) groups is 1. The van der Waals surface area contributed by atoms with Gasteiger partial charge in [0.1, 0.15) is 5.75 Å². The highest BCUT2D eigenvalue weighted by Gasteiger charge is 2.00. The molecule has 5 nitrogen and oxygen atoms in total. The van der Waals surface area contributed by atoms with Crippen LogP contribution in [0.1, 0.15) is 10.4 Å². The van der Waals surface area contributed by atoms with Gasteiger partial charge in [0.2, 0.25) is 0 Å². The highest BCUT2D eigenvalue weighted by molar-refractivity contribution is 5.85. The van der Waals surface area contributed by atoms with Gasteiger partial charge >= 0.3 is 0 Å². The first kappa shape index (κ1) is 12.2. The summed E-state index contributed by atoms with van der Waals surface area (Å²) in [6.07, 6.45) is 0.529. The zero-order valence-electron chi connectivity index (χ0n) is 7.18. The standard InChI is InChI=1S/C8H9N3O2.ClH/c9-8(10)11-6-1-2-7(13)5(3-6)4-12;/h1-4,13H,(H4,9,10,11);1H. The third-order valence-corrected chi connectivity index (χ3v) is 1.40. The normalized spacial score (nSPS) is 8.57.